The number of aromatic nitrogens is 2. The first-order valence-electron chi connectivity index (χ1n) is 5.58. The summed E-state index contributed by atoms with van der Waals surface area (Å²) >= 11 is 5.96. The van der Waals surface area contributed by atoms with E-state index in [1.165, 1.54) is 18.3 Å². The molecule has 3 rings (SSSR count). The molecule has 0 unspecified atom stereocenters. The smallest absolute Gasteiger partial charge is 0.200 e. The number of hydrogen-bond acceptors (Lipinski definition) is 2. The van der Waals surface area contributed by atoms with Crippen molar-refractivity contribution in [1.82, 2.24) is 9.97 Å². The first-order chi connectivity index (χ1) is 9.16. The van der Waals surface area contributed by atoms with E-state index in [2.05, 4.69) is 9.97 Å². The zero-order chi connectivity index (χ0) is 13.4. The molecule has 3 aromatic rings. The molecular formula is C14H8ClFN2O. The van der Waals surface area contributed by atoms with Crippen molar-refractivity contribution >= 4 is 22.5 Å². The summed E-state index contributed by atoms with van der Waals surface area (Å²) in [6.07, 6.45) is 3.12. The van der Waals surface area contributed by atoms with Crippen LogP contribution in [0.4, 0.5) is 4.39 Å². The highest BCUT2D eigenvalue weighted by Gasteiger charge is 2.10. The third-order valence-electron chi connectivity index (χ3n) is 2.90. The van der Waals surface area contributed by atoms with Gasteiger partial charge in [-0.1, -0.05) is 23.7 Å². The van der Waals surface area contributed by atoms with Gasteiger partial charge in [-0.3, -0.25) is 4.79 Å². The van der Waals surface area contributed by atoms with Crippen LogP contribution in [0.15, 0.2) is 47.5 Å². The summed E-state index contributed by atoms with van der Waals surface area (Å²) in [7, 11) is 0. The zero-order valence-electron chi connectivity index (χ0n) is 9.65. The van der Waals surface area contributed by atoms with Crippen molar-refractivity contribution in [1.29, 1.82) is 0 Å². The second-order valence-corrected chi connectivity index (χ2v) is 4.42. The Morgan fingerprint density at radius 3 is 2.63 bits per heavy atom. The molecule has 0 radical (unpaired) electrons. The van der Waals surface area contributed by atoms with Crippen LogP contribution in [0.25, 0.3) is 22.0 Å². The molecule has 0 fully saturated rings. The van der Waals surface area contributed by atoms with Crippen LogP contribution in [0.1, 0.15) is 0 Å². The maximum absolute atomic E-state index is 12.9. The molecule has 0 aliphatic heterocycles. The lowest BCUT2D eigenvalue weighted by atomic mass is 10.1. The van der Waals surface area contributed by atoms with Crippen LogP contribution in [0.5, 0.6) is 0 Å². The number of nitrogens with one attached hydrogen (secondary N) is 1. The van der Waals surface area contributed by atoms with E-state index in [0.717, 1.165) is 0 Å². The molecule has 0 saturated carbocycles. The molecule has 0 saturated heterocycles. The molecule has 5 heteroatoms. The minimum absolute atomic E-state index is 0.155. The number of pyridine rings is 2. The molecule has 2 heterocycles. The van der Waals surface area contributed by atoms with Crippen LogP contribution < -0.4 is 5.43 Å². The predicted molar refractivity (Wildman–Crippen MR) is 72.8 cm³/mol. The third-order valence-corrected chi connectivity index (χ3v) is 3.19. The van der Waals surface area contributed by atoms with Gasteiger partial charge >= 0.3 is 0 Å². The van der Waals surface area contributed by atoms with Gasteiger partial charge < -0.3 is 4.98 Å². The Hall–Kier alpha value is -2.20. The lowest BCUT2D eigenvalue weighted by molar-refractivity contribution is 0.628. The van der Waals surface area contributed by atoms with Crippen molar-refractivity contribution in [2.24, 2.45) is 0 Å². The summed E-state index contributed by atoms with van der Waals surface area (Å²) in [5.41, 5.74) is 1.46. The molecular weight excluding hydrogens is 267 g/mol. The summed E-state index contributed by atoms with van der Waals surface area (Å²) < 4.78 is 12.9. The molecule has 0 bridgehead atoms. The van der Waals surface area contributed by atoms with Gasteiger partial charge in [-0.05, 0) is 23.8 Å². The van der Waals surface area contributed by atoms with Crippen molar-refractivity contribution in [2.45, 2.75) is 0 Å². The number of H-pyrrole nitrogens is 1. The molecule has 2 aromatic heterocycles. The van der Waals surface area contributed by atoms with E-state index >= 15 is 0 Å². The fraction of sp³-hybridized carbons (Fsp3) is 0. The van der Waals surface area contributed by atoms with Crippen LogP contribution in [-0.2, 0) is 0 Å². The van der Waals surface area contributed by atoms with E-state index in [1.807, 2.05) is 0 Å². The highest BCUT2D eigenvalue weighted by Crippen LogP contribution is 2.21. The first kappa shape index (κ1) is 11.9. The Morgan fingerprint density at radius 2 is 1.89 bits per heavy atom. The lowest BCUT2D eigenvalue weighted by Gasteiger charge is -2.04. The van der Waals surface area contributed by atoms with Crippen LogP contribution in [0.2, 0.25) is 5.15 Å². The monoisotopic (exact) mass is 274 g/mol. The minimum Gasteiger partial charge on any atom is -0.360 e. The summed E-state index contributed by atoms with van der Waals surface area (Å²) in [6.45, 7) is 0. The normalized spacial score (nSPS) is 10.8. The number of halogens is 2. The Balaban J connectivity index is 2.32. The molecule has 1 aromatic carbocycles. The quantitative estimate of drug-likeness (QED) is 0.692. The number of benzene rings is 1. The minimum atomic E-state index is -0.347. The van der Waals surface area contributed by atoms with Gasteiger partial charge in [0.1, 0.15) is 11.0 Å². The molecule has 0 spiro atoms. The lowest BCUT2D eigenvalue weighted by Crippen LogP contribution is -2.07. The number of nitrogens with zero attached hydrogens (tertiary/aromatic N) is 1. The number of fused-ring (bicyclic) bond motifs is 1. The van der Waals surface area contributed by atoms with Crippen LogP contribution in [0, 0.1) is 5.82 Å². The predicted octanol–water partition coefficient (Wildman–Crippen LogP) is 3.38. The van der Waals surface area contributed by atoms with E-state index in [4.69, 9.17) is 11.6 Å². The highest BCUT2D eigenvalue weighted by atomic mass is 35.5. The average Bonchev–Trinajstić information content (AvgIpc) is 2.40. The van der Waals surface area contributed by atoms with Gasteiger partial charge in [0.25, 0.3) is 0 Å². The molecule has 1 N–H and O–H groups in total. The topological polar surface area (TPSA) is 45.8 Å². The van der Waals surface area contributed by atoms with Crippen LogP contribution in [-0.4, -0.2) is 9.97 Å². The molecule has 0 amide bonds. The average molecular weight is 275 g/mol. The maximum atomic E-state index is 12.9. The van der Waals surface area contributed by atoms with E-state index in [9.17, 15) is 9.18 Å². The second-order valence-electron chi connectivity index (χ2n) is 4.06. The maximum Gasteiger partial charge on any atom is 0.200 e. The van der Waals surface area contributed by atoms with Gasteiger partial charge in [-0.15, -0.1) is 0 Å². The first-order valence-corrected chi connectivity index (χ1v) is 5.96. The summed E-state index contributed by atoms with van der Waals surface area (Å²) in [4.78, 5) is 19.3. The summed E-state index contributed by atoms with van der Waals surface area (Å²) in [5, 5.41) is 0.494. The Morgan fingerprint density at radius 1 is 1.16 bits per heavy atom. The molecule has 3 nitrogen and oxygen atoms in total. The van der Waals surface area contributed by atoms with Gasteiger partial charge in [0.05, 0.1) is 10.9 Å². The van der Waals surface area contributed by atoms with Crippen molar-refractivity contribution < 1.29 is 4.39 Å². The Labute approximate surface area is 112 Å². The SMILES string of the molecule is O=c1c(-c2ccc(F)cc2)c[nH]c2ccnc(Cl)c12. The fourth-order valence-electron chi connectivity index (χ4n) is 1.97. The van der Waals surface area contributed by atoms with Gasteiger partial charge in [-0.2, -0.15) is 0 Å². The van der Waals surface area contributed by atoms with Crippen molar-refractivity contribution in [3.63, 3.8) is 0 Å². The van der Waals surface area contributed by atoms with Gasteiger partial charge in [-0.25, -0.2) is 9.37 Å². The summed E-state index contributed by atoms with van der Waals surface area (Å²) in [6, 6.07) is 7.40. The van der Waals surface area contributed by atoms with E-state index in [-0.39, 0.29) is 16.4 Å². The van der Waals surface area contributed by atoms with E-state index < -0.39 is 0 Å². The molecule has 0 atom stereocenters. The third kappa shape index (κ3) is 2.00. The number of aromatic amines is 1. The zero-order valence-corrected chi connectivity index (χ0v) is 10.4. The number of hydrogen-bond donors (Lipinski definition) is 1. The largest absolute Gasteiger partial charge is 0.360 e. The number of rotatable bonds is 1. The fourth-order valence-corrected chi connectivity index (χ4v) is 2.21. The van der Waals surface area contributed by atoms with Gasteiger partial charge in [0, 0.05) is 18.0 Å². The molecule has 94 valence electrons. The van der Waals surface area contributed by atoms with Gasteiger partial charge in [0.2, 0.25) is 0 Å². The molecule has 0 aliphatic rings. The highest BCUT2D eigenvalue weighted by molar-refractivity contribution is 6.34. The standard InChI is InChI=1S/C14H8ClFN2O/c15-14-12-11(5-6-17-14)18-7-10(13(12)19)8-1-3-9(16)4-2-8/h1-7H,(H,18,19). The van der Waals surface area contributed by atoms with Gasteiger partial charge in [0.15, 0.2) is 5.43 Å². The van der Waals surface area contributed by atoms with Crippen molar-refractivity contribution in [3.05, 3.63) is 63.9 Å². The summed E-state index contributed by atoms with van der Waals surface area (Å²) in [5.74, 6) is -0.347. The molecule has 0 aliphatic carbocycles. The molecule has 19 heavy (non-hydrogen) atoms. The second kappa shape index (κ2) is 4.48. The Bertz CT molecular complexity index is 812. The van der Waals surface area contributed by atoms with E-state index in [0.29, 0.717) is 22.0 Å². The van der Waals surface area contributed by atoms with Crippen molar-refractivity contribution in [2.75, 3.05) is 0 Å². The Kier molecular flexibility index (Phi) is 2.80. The van der Waals surface area contributed by atoms with Crippen LogP contribution in [0.3, 0.4) is 0 Å². The van der Waals surface area contributed by atoms with E-state index in [1.54, 1.807) is 24.4 Å². The van der Waals surface area contributed by atoms with Crippen molar-refractivity contribution in [3.8, 4) is 11.1 Å². The van der Waals surface area contributed by atoms with Crippen LogP contribution >= 0.6 is 11.6 Å².